The molecule has 0 aliphatic heterocycles. The lowest BCUT2D eigenvalue weighted by Gasteiger charge is -2.06. The van der Waals surface area contributed by atoms with E-state index in [4.69, 9.17) is 4.74 Å². The molecule has 82 valence electrons. The van der Waals surface area contributed by atoms with Crippen molar-refractivity contribution in [3.05, 3.63) is 28.3 Å². The van der Waals surface area contributed by atoms with Crippen LogP contribution in [0.25, 0.3) is 0 Å². The highest BCUT2D eigenvalue weighted by molar-refractivity contribution is 5.55. The fraction of sp³-hybridized carbons (Fsp3) is 0.400. The van der Waals surface area contributed by atoms with Gasteiger partial charge in [0, 0.05) is 24.9 Å². The van der Waals surface area contributed by atoms with E-state index in [1.165, 1.54) is 12.1 Å². The maximum absolute atomic E-state index is 10.6. The summed E-state index contributed by atoms with van der Waals surface area (Å²) in [5, 5.41) is 13.5. The highest BCUT2D eigenvalue weighted by Gasteiger charge is 2.09. The van der Waals surface area contributed by atoms with Gasteiger partial charge in [-0.2, -0.15) is 0 Å². The van der Waals surface area contributed by atoms with E-state index in [-0.39, 0.29) is 5.69 Å². The molecule has 0 atom stereocenters. The number of anilines is 1. The fourth-order valence-electron chi connectivity index (χ4n) is 1.14. The molecular weight excluding hydrogens is 196 g/mol. The summed E-state index contributed by atoms with van der Waals surface area (Å²) < 4.78 is 5.34. The van der Waals surface area contributed by atoms with Crippen LogP contribution < -0.4 is 10.1 Å². The monoisotopic (exact) mass is 210 g/mol. The predicted octanol–water partition coefficient (Wildman–Crippen LogP) is 2.43. The zero-order chi connectivity index (χ0) is 11.3. The Labute approximate surface area is 88.2 Å². The molecule has 5 nitrogen and oxygen atoms in total. The Balaban J connectivity index is 2.95. The molecule has 0 radical (unpaired) electrons. The smallest absolute Gasteiger partial charge is 0.275 e. The van der Waals surface area contributed by atoms with E-state index in [0.29, 0.717) is 18.0 Å². The second kappa shape index (κ2) is 5.19. The summed E-state index contributed by atoms with van der Waals surface area (Å²) in [6.45, 7) is 2.54. The number of rotatable bonds is 5. The topological polar surface area (TPSA) is 64.4 Å². The van der Waals surface area contributed by atoms with E-state index in [2.05, 4.69) is 5.32 Å². The summed E-state index contributed by atoms with van der Waals surface area (Å²) in [5.41, 5.74) is 0.711. The van der Waals surface area contributed by atoms with Crippen molar-refractivity contribution in [1.29, 1.82) is 0 Å². The van der Waals surface area contributed by atoms with Gasteiger partial charge in [-0.1, -0.05) is 6.92 Å². The van der Waals surface area contributed by atoms with Gasteiger partial charge in [-0.3, -0.25) is 10.1 Å². The van der Waals surface area contributed by atoms with Gasteiger partial charge in [-0.05, 0) is 6.42 Å². The Kier molecular flexibility index (Phi) is 3.91. The quantitative estimate of drug-likeness (QED) is 0.598. The number of nitro benzene ring substituents is 1. The molecule has 0 bridgehead atoms. The molecule has 0 saturated carbocycles. The number of hydrogen-bond acceptors (Lipinski definition) is 4. The van der Waals surface area contributed by atoms with Crippen molar-refractivity contribution in [2.24, 2.45) is 0 Å². The first-order chi connectivity index (χ1) is 7.17. The molecule has 0 aliphatic rings. The third-order valence-corrected chi connectivity index (χ3v) is 1.86. The van der Waals surface area contributed by atoms with Crippen molar-refractivity contribution in [3.63, 3.8) is 0 Å². The minimum absolute atomic E-state index is 0.0351. The molecule has 1 aromatic carbocycles. The molecule has 0 aromatic heterocycles. The fourth-order valence-corrected chi connectivity index (χ4v) is 1.14. The summed E-state index contributed by atoms with van der Waals surface area (Å²) in [6, 6.07) is 4.64. The predicted molar refractivity (Wildman–Crippen MR) is 58.4 cm³/mol. The van der Waals surface area contributed by atoms with Crippen molar-refractivity contribution in [3.8, 4) is 5.75 Å². The largest absolute Gasteiger partial charge is 0.493 e. The molecule has 1 N–H and O–H groups in total. The number of hydrogen-bond donors (Lipinski definition) is 1. The van der Waals surface area contributed by atoms with Crippen LogP contribution in [0.15, 0.2) is 18.2 Å². The van der Waals surface area contributed by atoms with Crippen LogP contribution in [0.3, 0.4) is 0 Å². The Hall–Kier alpha value is -1.78. The van der Waals surface area contributed by atoms with Gasteiger partial charge in [0.25, 0.3) is 5.69 Å². The first kappa shape index (κ1) is 11.3. The van der Waals surface area contributed by atoms with Crippen LogP contribution in [0.5, 0.6) is 5.75 Å². The average molecular weight is 210 g/mol. The molecule has 1 rings (SSSR count). The average Bonchev–Trinajstić information content (AvgIpc) is 2.25. The number of benzene rings is 1. The lowest BCUT2D eigenvalue weighted by Crippen LogP contribution is -1.98. The Morgan fingerprint density at radius 3 is 2.73 bits per heavy atom. The summed E-state index contributed by atoms with van der Waals surface area (Å²) in [5.74, 6) is 0.524. The lowest BCUT2D eigenvalue weighted by atomic mass is 10.2. The summed E-state index contributed by atoms with van der Waals surface area (Å²) in [6.07, 6.45) is 0.873. The van der Waals surface area contributed by atoms with Gasteiger partial charge in [0.05, 0.1) is 17.6 Å². The van der Waals surface area contributed by atoms with Gasteiger partial charge >= 0.3 is 0 Å². The van der Waals surface area contributed by atoms with Crippen LogP contribution in [-0.2, 0) is 0 Å². The highest BCUT2D eigenvalue weighted by atomic mass is 16.6. The van der Waals surface area contributed by atoms with E-state index in [1.54, 1.807) is 13.1 Å². The van der Waals surface area contributed by atoms with Crippen molar-refractivity contribution in [2.75, 3.05) is 19.0 Å². The normalized spacial score (nSPS) is 9.73. The van der Waals surface area contributed by atoms with E-state index >= 15 is 0 Å². The van der Waals surface area contributed by atoms with Gasteiger partial charge < -0.3 is 10.1 Å². The van der Waals surface area contributed by atoms with Crippen molar-refractivity contribution >= 4 is 11.4 Å². The van der Waals surface area contributed by atoms with Gasteiger partial charge in [0.15, 0.2) is 0 Å². The molecule has 1 aromatic rings. The minimum atomic E-state index is -0.431. The second-order valence-corrected chi connectivity index (χ2v) is 3.07. The Morgan fingerprint density at radius 2 is 2.20 bits per heavy atom. The number of nitro groups is 1. The number of nitrogens with one attached hydrogen (secondary N) is 1. The molecule has 5 heteroatoms. The van der Waals surface area contributed by atoms with Crippen molar-refractivity contribution in [1.82, 2.24) is 0 Å². The number of ether oxygens (including phenoxy) is 1. The molecule has 0 aliphatic carbocycles. The van der Waals surface area contributed by atoms with E-state index < -0.39 is 4.92 Å². The van der Waals surface area contributed by atoms with E-state index in [1.807, 2.05) is 6.92 Å². The van der Waals surface area contributed by atoms with Crippen LogP contribution in [-0.4, -0.2) is 18.6 Å². The van der Waals surface area contributed by atoms with Gasteiger partial charge in [0.2, 0.25) is 0 Å². The Morgan fingerprint density at radius 1 is 1.47 bits per heavy atom. The molecule has 0 spiro atoms. The standard InChI is InChI=1S/C10H14N2O3/c1-3-4-15-10-6-8(11-2)5-9(7-10)12(13)14/h5-7,11H,3-4H2,1-2H3. The summed E-state index contributed by atoms with van der Waals surface area (Å²) >= 11 is 0. The van der Waals surface area contributed by atoms with Crippen LogP contribution in [0.2, 0.25) is 0 Å². The summed E-state index contributed by atoms with van der Waals surface area (Å²) in [4.78, 5) is 10.2. The molecule has 15 heavy (non-hydrogen) atoms. The minimum Gasteiger partial charge on any atom is -0.493 e. The van der Waals surface area contributed by atoms with Crippen LogP contribution in [0.4, 0.5) is 11.4 Å². The van der Waals surface area contributed by atoms with E-state index in [9.17, 15) is 10.1 Å². The Bertz CT molecular complexity index is 353. The number of nitrogens with zero attached hydrogens (tertiary/aromatic N) is 1. The zero-order valence-electron chi connectivity index (χ0n) is 8.82. The first-order valence-corrected chi connectivity index (χ1v) is 4.77. The van der Waals surface area contributed by atoms with Crippen molar-refractivity contribution < 1.29 is 9.66 Å². The maximum Gasteiger partial charge on any atom is 0.275 e. The second-order valence-electron chi connectivity index (χ2n) is 3.07. The highest BCUT2D eigenvalue weighted by Crippen LogP contribution is 2.25. The molecule has 0 heterocycles. The molecule has 0 saturated heterocycles. The lowest BCUT2D eigenvalue weighted by molar-refractivity contribution is -0.384. The van der Waals surface area contributed by atoms with Crippen LogP contribution in [0.1, 0.15) is 13.3 Å². The molecular formula is C10H14N2O3. The third kappa shape index (κ3) is 3.12. The third-order valence-electron chi connectivity index (χ3n) is 1.86. The summed E-state index contributed by atoms with van der Waals surface area (Å²) in [7, 11) is 1.71. The van der Waals surface area contributed by atoms with Gasteiger partial charge in [-0.15, -0.1) is 0 Å². The molecule has 0 amide bonds. The van der Waals surface area contributed by atoms with Gasteiger partial charge in [-0.25, -0.2) is 0 Å². The zero-order valence-corrected chi connectivity index (χ0v) is 8.82. The first-order valence-electron chi connectivity index (χ1n) is 4.77. The van der Waals surface area contributed by atoms with E-state index in [0.717, 1.165) is 6.42 Å². The maximum atomic E-state index is 10.6. The van der Waals surface area contributed by atoms with Crippen LogP contribution in [0, 0.1) is 10.1 Å². The van der Waals surface area contributed by atoms with Crippen LogP contribution >= 0.6 is 0 Å². The SMILES string of the molecule is CCCOc1cc(NC)cc([N+](=O)[O-])c1. The number of non-ortho nitro benzene ring substituents is 1. The molecule has 0 unspecified atom stereocenters. The van der Waals surface area contributed by atoms with Crippen molar-refractivity contribution in [2.45, 2.75) is 13.3 Å². The van der Waals surface area contributed by atoms with Gasteiger partial charge in [0.1, 0.15) is 5.75 Å². The molecule has 0 fully saturated rings.